The Morgan fingerprint density at radius 3 is 2.42 bits per heavy atom. The Balaban J connectivity index is 0.00000208. The maximum absolute atomic E-state index is 11.6. The first kappa shape index (κ1) is 18.0. The van der Waals surface area contributed by atoms with Crippen LogP contribution in [0.3, 0.4) is 0 Å². The van der Waals surface area contributed by atoms with Gasteiger partial charge in [-0.15, -0.1) is 12.1 Å². The number of nitrogens with one attached hydrogen (secondary N) is 2. The second kappa shape index (κ2) is 7.46. The Morgan fingerprint density at radius 2 is 1.71 bits per heavy atom. The van der Waals surface area contributed by atoms with Crippen LogP contribution >= 0.6 is 0 Å². The fraction of sp³-hybridized carbons (Fsp3) is 0. The van der Waals surface area contributed by atoms with Crippen molar-refractivity contribution in [2.75, 3.05) is 5.48 Å². The minimum atomic E-state index is -0.505. The largest absolute Gasteiger partial charge is 0.395 e. The molecule has 1 radical (unpaired) electrons. The molecule has 0 fully saturated rings. The van der Waals surface area contributed by atoms with Crippen LogP contribution in [0.4, 0.5) is 5.69 Å². The Morgan fingerprint density at radius 1 is 0.958 bits per heavy atom. The summed E-state index contributed by atoms with van der Waals surface area (Å²) in [5.74, 6) is -0.711. The smallest absolute Gasteiger partial charge is 0.259 e. The number of fused-ring (bicyclic) bond motifs is 1. The number of hydrogen-bond donors (Lipinski definition) is 2. The zero-order valence-corrected chi connectivity index (χ0v) is 14.9. The molecule has 2 aromatic rings. The SMILES string of the molecule is O=[C-]c1cccc(NOc2ccc3c(c2)C(=O)NC3=O)c1[C-]=O.[Y]. The van der Waals surface area contributed by atoms with Crippen LogP contribution in [0.15, 0.2) is 36.4 Å². The molecule has 0 atom stereocenters. The van der Waals surface area contributed by atoms with E-state index in [1.165, 1.54) is 30.3 Å². The van der Waals surface area contributed by atoms with E-state index in [4.69, 9.17) is 4.84 Å². The number of imide groups is 1. The summed E-state index contributed by atoms with van der Waals surface area (Å²) in [6.45, 7) is 0. The van der Waals surface area contributed by atoms with E-state index in [2.05, 4.69) is 10.8 Å². The van der Waals surface area contributed by atoms with Crippen molar-refractivity contribution in [1.29, 1.82) is 0 Å². The van der Waals surface area contributed by atoms with Crippen LogP contribution in [0.1, 0.15) is 31.8 Å². The van der Waals surface area contributed by atoms with Gasteiger partial charge in [-0.3, -0.25) is 25.9 Å². The van der Waals surface area contributed by atoms with Crippen molar-refractivity contribution in [1.82, 2.24) is 5.32 Å². The minimum Gasteiger partial charge on any atom is -0.395 e. The number of amides is 2. The van der Waals surface area contributed by atoms with Gasteiger partial charge >= 0.3 is 0 Å². The maximum Gasteiger partial charge on any atom is 0.259 e. The molecule has 117 valence electrons. The summed E-state index contributed by atoms with van der Waals surface area (Å²) in [6.07, 6.45) is 3.27. The van der Waals surface area contributed by atoms with Crippen molar-refractivity contribution >= 4 is 30.1 Å². The molecule has 8 heteroatoms. The third kappa shape index (κ3) is 3.27. The van der Waals surface area contributed by atoms with Gasteiger partial charge in [-0.05, 0) is 30.8 Å². The van der Waals surface area contributed by atoms with Gasteiger partial charge in [0.15, 0.2) is 5.75 Å². The first-order valence-electron chi connectivity index (χ1n) is 6.46. The topological polar surface area (TPSA) is 102 Å². The molecule has 0 saturated heterocycles. The molecule has 2 amide bonds. The molecule has 0 unspecified atom stereocenters. The van der Waals surface area contributed by atoms with Crippen LogP contribution in [-0.4, -0.2) is 24.4 Å². The van der Waals surface area contributed by atoms with Crippen molar-refractivity contribution in [3.63, 3.8) is 0 Å². The summed E-state index contributed by atoms with van der Waals surface area (Å²) in [5.41, 5.74) is 3.24. The normalized spacial score (nSPS) is 11.8. The number of carbonyl (C=O) groups excluding carboxylic acids is 4. The molecular formula is C16H8N2O5Y-2. The van der Waals surface area contributed by atoms with Crippen LogP contribution in [-0.2, 0) is 42.3 Å². The summed E-state index contributed by atoms with van der Waals surface area (Å²) in [6, 6.07) is 8.82. The second-order valence-electron chi connectivity index (χ2n) is 4.63. The quantitative estimate of drug-likeness (QED) is 0.442. The third-order valence-corrected chi connectivity index (χ3v) is 3.26. The molecule has 0 saturated carbocycles. The molecule has 1 heterocycles. The van der Waals surface area contributed by atoms with E-state index in [0.29, 0.717) is 0 Å². The molecule has 3 rings (SSSR count). The second-order valence-corrected chi connectivity index (χ2v) is 4.63. The zero-order valence-electron chi connectivity index (χ0n) is 12.1. The zero-order chi connectivity index (χ0) is 16.4. The van der Waals surface area contributed by atoms with E-state index < -0.39 is 11.8 Å². The summed E-state index contributed by atoms with van der Waals surface area (Å²) < 4.78 is 0. The third-order valence-electron chi connectivity index (χ3n) is 3.26. The number of anilines is 1. The van der Waals surface area contributed by atoms with E-state index in [1.54, 1.807) is 18.6 Å². The van der Waals surface area contributed by atoms with Gasteiger partial charge in [-0.2, -0.15) is 0 Å². The van der Waals surface area contributed by atoms with E-state index in [-0.39, 0.29) is 66.4 Å². The Hall–Kier alpha value is -2.38. The summed E-state index contributed by atoms with van der Waals surface area (Å²) >= 11 is 0. The van der Waals surface area contributed by atoms with E-state index in [1.807, 2.05) is 0 Å². The molecule has 1 aliphatic heterocycles. The molecule has 1 aliphatic rings. The van der Waals surface area contributed by atoms with Gasteiger partial charge < -0.3 is 14.4 Å². The van der Waals surface area contributed by atoms with Crippen molar-refractivity contribution in [2.45, 2.75) is 0 Å². The van der Waals surface area contributed by atoms with E-state index in [0.717, 1.165) is 0 Å². The predicted molar refractivity (Wildman–Crippen MR) is 78.5 cm³/mol. The van der Waals surface area contributed by atoms with Gasteiger partial charge in [0.05, 0.1) is 11.1 Å². The number of carbonyl (C=O) groups is 2. The number of hydrogen-bond acceptors (Lipinski definition) is 6. The molecule has 2 N–H and O–H groups in total. The Bertz CT molecular complexity index is 850. The van der Waals surface area contributed by atoms with Gasteiger partial charge in [-0.1, -0.05) is 5.69 Å². The van der Waals surface area contributed by atoms with Crippen molar-refractivity contribution in [3.05, 3.63) is 58.7 Å². The van der Waals surface area contributed by atoms with Gasteiger partial charge in [-0.25, -0.2) is 11.6 Å². The van der Waals surface area contributed by atoms with Gasteiger partial charge in [0.1, 0.15) is 0 Å². The first-order chi connectivity index (χ1) is 11.1. The van der Waals surface area contributed by atoms with Gasteiger partial charge in [0, 0.05) is 32.7 Å². The molecule has 2 aromatic carbocycles. The molecule has 0 aliphatic carbocycles. The van der Waals surface area contributed by atoms with Crippen molar-refractivity contribution < 1.29 is 56.7 Å². The maximum atomic E-state index is 11.6. The van der Waals surface area contributed by atoms with E-state index in [9.17, 15) is 19.2 Å². The fourth-order valence-corrected chi connectivity index (χ4v) is 2.16. The van der Waals surface area contributed by atoms with Crippen LogP contribution in [0.5, 0.6) is 5.75 Å². The fourth-order valence-electron chi connectivity index (χ4n) is 2.16. The van der Waals surface area contributed by atoms with Gasteiger partial charge in [0.25, 0.3) is 11.8 Å². The summed E-state index contributed by atoms with van der Waals surface area (Å²) in [7, 11) is 0. The number of benzene rings is 2. The van der Waals surface area contributed by atoms with E-state index >= 15 is 0 Å². The molecule has 24 heavy (non-hydrogen) atoms. The Kier molecular flexibility index (Phi) is 5.59. The first-order valence-corrected chi connectivity index (χ1v) is 6.46. The van der Waals surface area contributed by atoms with Crippen LogP contribution in [0.25, 0.3) is 0 Å². The summed E-state index contributed by atoms with van der Waals surface area (Å²) in [5, 5.41) is 2.17. The molecule has 0 aromatic heterocycles. The molecule has 0 bridgehead atoms. The van der Waals surface area contributed by atoms with Gasteiger partial charge in [0.2, 0.25) is 0 Å². The monoisotopic (exact) mass is 397 g/mol. The van der Waals surface area contributed by atoms with Crippen LogP contribution in [0, 0.1) is 0 Å². The minimum absolute atomic E-state index is 0. The molecule has 7 nitrogen and oxygen atoms in total. The summed E-state index contributed by atoms with van der Waals surface area (Å²) in [4.78, 5) is 50.0. The Labute approximate surface area is 161 Å². The average Bonchev–Trinajstić information content (AvgIpc) is 2.86. The number of rotatable bonds is 5. The van der Waals surface area contributed by atoms with Crippen molar-refractivity contribution in [2.24, 2.45) is 0 Å². The van der Waals surface area contributed by atoms with Crippen LogP contribution < -0.4 is 15.6 Å². The molecular weight excluding hydrogens is 389 g/mol. The van der Waals surface area contributed by atoms with Crippen LogP contribution in [0.2, 0.25) is 0 Å². The predicted octanol–water partition coefficient (Wildman–Crippen LogP) is 0.889. The van der Waals surface area contributed by atoms with Crippen molar-refractivity contribution in [3.8, 4) is 5.75 Å². The standard InChI is InChI=1S/C16H8N2O5.Y/c19-7-9-2-1-3-14(13(9)8-20)18-23-10-4-5-11-12(6-10)16(22)17-15(11)21;/h1-6,18H,(H,17,21,22);/q-2;. The average molecular weight is 397 g/mol. The molecule has 0 spiro atoms.